The molecule has 1 saturated carbocycles. The summed E-state index contributed by atoms with van der Waals surface area (Å²) in [5, 5.41) is 4.63. The van der Waals surface area contributed by atoms with E-state index in [4.69, 9.17) is 5.73 Å². The SMILES string of the molecule is CC(CC(C)(NC1CC1)C(N)=O)Sc1ccccn1. The molecule has 3 N–H and O–H groups in total. The van der Waals surface area contributed by atoms with Gasteiger partial charge in [0.1, 0.15) is 0 Å². The van der Waals surface area contributed by atoms with Gasteiger partial charge >= 0.3 is 0 Å². The van der Waals surface area contributed by atoms with Gasteiger partial charge in [-0.2, -0.15) is 0 Å². The van der Waals surface area contributed by atoms with E-state index in [1.54, 1.807) is 18.0 Å². The maximum Gasteiger partial charge on any atom is 0.237 e. The Morgan fingerprint density at radius 2 is 2.37 bits per heavy atom. The van der Waals surface area contributed by atoms with Crippen LogP contribution >= 0.6 is 11.8 Å². The van der Waals surface area contributed by atoms with Gasteiger partial charge in [-0.1, -0.05) is 13.0 Å². The molecule has 4 nitrogen and oxygen atoms in total. The number of hydrogen-bond acceptors (Lipinski definition) is 4. The third-order valence-electron chi connectivity index (χ3n) is 3.30. The van der Waals surface area contributed by atoms with Crippen molar-refractivity contribution in [3.63, 3.8) is 0 Å². The van der Waals surface area contributed by atoms with E-state index in [9.17, 15) is 4.79 Å². The van der Waals surface area contributed by atoms with Gasteiger partial charge in [0, 0.05) is 17.5 Å². The summed E-state index contributed by atoms with van der Waals surface area (Å²) in [5.41, 5.74) is 4.94. The molecule has 0 saturated heterocycles. The van der Waals surface area contributed by atoms with Crippen LogP contribution in [-0.2, 0) is 4.79 Å². The second-order valence-electron chi connectivity index (χ2n) is 5.42. The van der Waals surface area contributed by atoms with Crippen LogP contribution in [-0.4, -0.2) is 27.7 Å². The van der Waals surface area contributed by atoms with Crippen molar-refractivity contribution in [3.05, 3.63) is 24.4 Å². The third-order valence-corrected chi connectivity index (χ3v) is 4.35. The number of nitrogens with two attached hydrogens (primary N) is 1. The second-order valence-corrected chi connectivity index (χ2v) is 6.87. The number of hydrogen-bond donors (Lipinski definition) is 2. The molecular formula is C14H21N3OS. The number of primary amides is 1. The Labute approximate surface area is 118 Å². The lowest BCUT2D eigenvalue weighted by molar-refractivity contribution is -0.124. The van der Waals surface area contributed by atoms with Crippen molar-refractivity contribution in [1.29, 1.82) is 0 Å². The van der Waals surface area contributed by atoms with Crippen LogP contribution in [0.5, 0.6) is 0 Å². The first-order valence-corrected chi connectivity index (χ1v) is 7.53. The Morgan fingerprint density at radius 3 is 2.89 bits per heavy atom. The molecule has 1 fully saturated rings. The summed E-state index contributed by atoms with van der Waals surface area (Å²) in [6.07, 6.45) is 4.78. The summed E-state index contributed by atoms with van der Waals surface area (Å²) in [5.74, 6) is -0.270. The topological polar surface area (TPSA) is 68.0 Å². The Morgan fingerprint density at radius 1 is 1.63 bits per heavy atom. The van der Waals surface area contributed by atoms with Crippen molar-refractivity contribution in [2.24, 2.45) is 5.73 Å². The second kappa shape index (κ2) is 5.92. The van der Waals surface area contributed by atoms with Crippen molar-refractivity contribution in [2.45, 2.75) is 55.0 Å². The van der Waals surface area contributed by atoms with Crippen LogP contribution in [0.2, 0.25) is 0 Å². The van der Waals surface area contributed by atoms with Crippen molar-refractivity contribution < 1.29 is 4.79 Å². The molecule has 104 valence electrons. The van der Waals surface area contributed by atoms with Gasteiger partial charge in [0.05, 0.1) is 10.6 Å². The molecule has 0 aliphatic heterocycles. The summed E-state index contributed by atoms with van der Waals surface area (Å²) >= 11 is 1.68. The lowest BCUT2D eigenvalue weighted by Gasteiger charge is -2.30. The predicted octanol–water partition coefficient (Wildman–Crippen LogP) is 1.95. The van der Waals surface area contributed by atoms with Crippen LogP contribution in [0.3, 0.4) is 0 Å². The lowest BCUT2D eigenvalue weighted by Crippen LogP contribution is -2.55. The molecule has 2 atom stereocenters. The van der Waals surface area contributed by atoms with Crippen molar-refractivity contribution in [3.8, 4) is 0 Å². The normalized spacial score (nSPS) is 19.7. The molecule has 0 radical (unpaired) electrons. The highest BCUT2D eigenvalue weighted by Gasteiger charge is 2.38. The van der Waals surface area contributed by atoms with Crippen LogP contribution in [0.25, 0.3) is 0 Å². The molecule has 0 spiro atoms. The number of nitrogens with zero attached hydrogens (tertiary/aromatic N) is 1. The first-order valence-electron chi connectivity index (χ1n) is 6.65. The Kier molecular flexibility index (Phi) is 4.47. The van der Waals surface area contributed by atoms with Crippen LogP contribution in [0.4, 0.5) is 0 Å². The first kappa shape index (κ1) is 14.3. The number of carbonyl (C=O) groups excluding carboxylic acids is 1. The van der Waals surface area contributed by atoms with E-state index in [0.717, 1.165) is 17.9 Å². The highest BCUT2D eigenvalue weighted by molar-refractivity contribution is 7.99. The minimum atomic E-state index is -0.623. The predicted molar refractivity (Wildman–Crippen MR) is 77.9 cm³/mol. The van der Waals surface area contributed by atoms with E-state index in [-0.39, 0.29) is 11.2 Å². The quantitative estimate of drug-likeness (QED) is 0.749. The molecule has 1 aliphatic rings. The minimum absolute atomic E-state index is 0.270. The smallest absolute Gasteiger partial charge is 0.237 e. The fourth-order valence-electron chi connectivity index (χ4n) is 2.15. The number of nitrogens with one attached hydrogen (secondary N) is 1. The highest BCUT2D eigenvalue weighted by Crippen LogP contribution is 2.30. The molecule has 5 heteroatoms. The van der Waals surface area contributed by atoms with Crippen LogP contribution < -0.4 is 11.1 Å². The van der Waals surface area contributed by atoms with Crippen molar-refractivity contribution in [2.75, 3.05) is 0 Å². The molecule has 0 bridgehead atoms. The van der Waals surface area contributed by atoms with Gasteiger partial charge < -0.3 is 11.1 Å². The number of carbonyl (C=O) groups is 1. The molecule has 1 amide bonds. The summed E-state index contributed by atoms with van der Waals surface area (Å²) < 4.78 is 0. The van der Waals surface area contributed by atoms with E-state index in [1.165, 1.54) is 0 Å². The standard InChI is InChI=1S/C14H21N3OS/c1-10(19-12-5-3-4-8-16-12)9-14(2,13(15)18)17-11-6-7-11/h3-5,8,10-11,17H,6-7,9H2,1-2H3,(H2,15,18). The number of rotatable bonds is 7. The minimum Gasteiger partial charge on any atom is -0.368 e. The Balaban J connectivity index is 1.94. The van der Waals surface area contributed by atoms with Gasteiger partial charge in [-0.25, -0.2) is 4.98 Å². The Hall–Kier alpha value is -1.07. The molecular weight excluding hydrogens is 258 g/mol. The molecule has 2 unspecified atom stereocenters. The molecule has 0 aromatic carbocycles. The van der Waals surface area contributed by atoms with Crippen molar-refractivity contribution >= 4 is 17.7 Å². The van der Waals surface area contributed by atoms with Crippen LogP contribution in [0.15, 0.2) is 29.4 Å². The van der Waals surface area contributed by atoms with E-state index < -0.39 is 5.54 Å². The number of pyridine rings is 1. The Bertz CT molecular complexity index is 436. The fraction of sp³-hybridized carbons (Fsp3) is 0.571. The molecule has 2 rings (SSSR count). The summed E-state index contributed by atoms with van der Waals surface area (Å²) in [4.78, 5) is 16.0. The van der Waals surface area contributed by atoms with E-state index in [1.807, 2.05) is 25.1 Å². The zero-order valence-corrected chi connectivity index (χ0v) is 12.2. The molecule has 19 heavy (non-hydrogen) atoms. The number of amides is 1. The van der Waals surface area contributed by atoms with Crippen molar-refractivity contribution in [1.82, 2.24) is 10.3 Å². The average molecular weight is 279 g/mol. The summed E-state index contributed by atoms with van der Waals surface area (Å²) in [6.45, 7) is 4.01. The van der Waals surface area contributed by atoms with E-state index in [2.05, 4.69) is 17.2 Å². The monoisotopic (exact) mass is 279 g/mol. The van der Waals surface area contributed by atoms with Gasteiger partial charge in [0.15, 0.2) is 0 Å². The number of thioether (sulfide) groups is 1. The van der Waals surface area contributed by atoms with Gasteiger partial charge in [-0.3, -0.25) is 4.79 Å². The zero-order chi connectivity index (χ0) is 13.9. The number of aromatic nitrogens is 1. The van der Waals surface area contributed by atoms with Gasteiger partial charge in [0.2, 0.25) is 5.91 Å². The first-order chi connectivity index (χ1) is 8.99. The van der Waals surface area contributed by atoms with Gasteiger partial charge in [-0.15, -0.1) is 11.8 Å². The maximum absolute atomic E-state index is 11.7. The summed E-state index contributed by atoms with van der Waals surface area (Å²) in [6, 6.07) is 6.32. The highest BCUT2D eigenvalue weighted by atomic mass is 32.2. The van der Waals surface area contributed by atoms with E-state index in [0.29, 0.717) is 12.5 Å². The molecule has 1 heterocycles. The summed E-state index contributed by atoms with van der Waals surface area (Å²) in [7, 11) is 0. The largest absolute Gasteiger partial charge is 0.368 e. The van der Waals surface area contributed by atoms with Gasteiger partial charge in [0.25, 0.3) is 0 Å². The van der Waals surface area contributed by atoms with Gasteiger partial charge in [-0.05, 0) is 38.3 Å². The third kappa shape index (κ3) is 4.21. The zero-order valence-electron chi connectivity index (χ0n) is 11.4. The van der Waals surface area contributed by atoms with Crippen LogP contribution in [0, 0.1) is 0 Å². The molecule has 1 aromatic heterocycles. The molecule has 1 aliphatic carbocycles. The maximum atomic E-state index is 11.7. The van der Waals surface area contributed by atoms with E-state index >= 15 is 0 Å². The fourth-order valence-corrected chi connectivity index (χ4v) is 3.26. The van der Waals surface area contributed by atoms with Crippen LogP contribution in [0.1, 0.15) is 33.1 Å². The average Bonchev–Trinajstić information content (AvgIpc) is 3.13. The molecule has 1 aromatic rings. The lowest BCUT2D eigenvalue weighted by atomic mass is 9.95.